The first-order valence-electron chi connectivity index (χ1n) is 7.34. The lowest BCUT2D eigenvalue weighted by Gasteiger charge is -2.11. The van der Waals surface area contributed by atoms with Crippen molar-refractivity contribution in [1.82, 2.24) is 0 Å². The Morgan fingerprint density at radius 1 is 0.810 bits per heavy atom. The maximum Gasteiger partial charge on any atom is 0.0428 e. The van der Waals surface area contributed by atoms with Gasteiger partial charge in [-0.1, -0.05) is 54.6 Å². The second-order valence-corrected chi connectivity index (χ2v) is 5.99. The van der Waals surface area contributed by atoms with Crippen LogP contribution in [0.2, 0.25) is 0 Å². The van der Waals surface area contributed by atoms with E-state index in [1.807, 2.05) is 0 Å². The molecule has 0 fully saturated rings. The molecule has 21 heavy (non-hydrogen) atoms. The van der Waals surface area contributed by atoms with Crippen LogP contribution in [0.5, 0.6) is 0 Å². The molecule has 3 aromatic rings. The summed E-state index contributed by atoms with van der Waals surface area (Å²) in [5.74, 6) is 0. The average molecular weight is 293 g/mol. The van der Waals surface area contributed by atoms with Gasteiger partial charge in [0.1, 0.15) is 0 Å². The third-order valence-electron chi connectivity index (χ3n) is 3.51. The number of aryl methyl sites for hydroxylation is 1. The Morgan fingerprint density at radius 3 is 2.43 bits per heavy atom. The van der Waals surface area contributed by atoms with Crippen molar-refractivity contribution in [2.75, 3.05) is 11.9 Å². The highest BCUT2D eigenvalue weighted by Gasteiger charge is 2.04. The van der Waals surface area contributed by atoms with Crippen LogP contribution < -0.4 is 5.32 Å². The molecule has 0 bridgehead atoms. The Morgan fingerprint density at radius 2 is 1.62 bits per heavy atom. The van der Waals surface area contributed by atoms with Crippen LogP contribution in [0.15, 0.2) is 72.1 Å². The van der Waals surface area contributed by atoms with Gasteiger partial charge in [0.2, 0.25) is 0 Å². The predicted molar refractivity (Wildman–Crippen MR) is 93.0 cm³/mol. The predicted octanol–water partition coefficient (Wildman–Crippen LogP) is 5.46. The summed E-state index contributed by atoms with van der Waals surface area (Å²) in [6.07, 6.45) is 2.26. The van der Waals surface area contributed by atoms with E-state index in [9.17, 15) is 0 Å². The van der Waals surface area contributed by atoms with Crippen LogP contribution in [-0.4, -0.2) is 6.54 Å². The summed E-state index contributed by atoms with van der Waals surface area (Å²) in [6, 6.07) is 23.5. The molecule has 0 aliphatic heterocycles. The van der Waals surface area contributed by atoms with Crippen LogP contribution in [0, 0.1) is 0 Å². The summed E-state index contributed by atoms with van der Waals surface area (Å²) >= 11 is 1.79. The van der Waals surface area contributed by atoms with Crippen LogP contribution in [0.1, 0.15) is 12.0 Å². The monoisotopic (exact) mass is 293 g/mol. The van der Waals surface area contributed by atoms with Gasteiger partial charge >= 0.3 is 0 Å². The van der Waals surface area contributed by atoms with Crippen molar-refractivity contribution in [3.05, 3.63) is 77.7 Å². The molecule has 106 valence electrons. The Labute approximate surface area is 130 Å². The molecule has 0 radical (unpaired) electrons. The molecule has 0 saturated heterocycles. The van der Waals surface area contributed by atoms with Crippen molar-refractivity contribution in [1.29, 1.82) is 0 Å². The largest absolute Gasteiger partial charge is 0.385 e. The third-order valence-corrected chi connectivity index (χ3v) is 4.42. The summed E-state index contributed by atoms with van der Waals surface area (Å²) in [4.78, 5) is 1.32. The molecular weight excluding hydrogens is 274 g/mol. The highest BCUT2D eigenvalue weighted by molar-refractivity contribution is 7.13. The molecule has 0 aliphatic carbocycles. The van der Waals surface area contributed by atoms with Gasteiger partial charge in [0, 0.05) is 22.7 Å². The Bertz CT molecular complexity index is 659. The molecule has 0 aliphatic rings. The maximum absolute atomic E-state index is 3.58. The van der Waals surface area contributed by atoms with Gasteiger partial charge in [0.25, 0.3) is 0 Å². The summed E-state index contributed by atoms with van der Waals surface area (Å²) in [5, 5.41) is 5.70. The molecule has 1 N–H and O–H groups in total. The van der Waals surface area contributed by atoms with E-state index in [4.69, 9.17) is 0 Å². The number of rotatable bonds is 6. The molecule has 0 amide bonds. The van der Waals surface area contributed by atoms with Crippen molar-refractivity contribution >= 4 is 17.0 Å². The first-order chi connectivity index (χ1) is 10.4. The van der Waals surface area contributed by atoms with E-state index in [-0.39, 0.29) is 0 Å². The average Bonchev–Trinajstić information content (AvgIpc) is 3.07. The third kappa shape index (κ3) is 3.73. The van der Waals surface area contributed by atoms with Crippen LogP contribution in [0.3, 0.4) is 0 Å². The Kier molecular flexibility index (Phi) is 4.70. The van der Waals surface area contributed by atoms with Gasteiger partial charge < -0.3 is 5.32 Å². The number of thiophene rings is 1. The van der Waals surface area contributed by atoms with E-state index < -0.39 is 0 Å². The lowest BCUT2D eigenvalue weighted by molar-refractivity contribution is 0.863. The summed E-state index contributed by atoms with van der Waals surface area (Å²) in [5.41, 5.74) is 3.94. The molecule has 1 heterocycles. The van der Waals surface area contributed by atoms with Crippen LogP contribution in [0.4, 0.5) is 5.69 Å². The van der Waals surface area contributed by atoms with Gasteiger partial charge in [0.15, 0.2) is 0 Å². The highest BCUT2D eigenvalue weighted by atomic mass is 32.1. The van der Waals surface area contributed by atoms with Crippen molar-refractivity contribution in [2.45, 2.75) is 12.8 Å². The molecular formula is C19H19NS. The normalized spacial score (nSPS) is 10.5. The van der Waals surface area contributed by atoms with E-state index in [1.165, 1.54) is 21.7 Å². The fourth-order valence-corrected chi connectivity index (χ4v) is 3.21. The molecule has 0 unspecified atom stereocenters. The molecule has 2 heteroatoms. The lowest BCUT2D eigenvalue weighted by Crippen LogP contribution is -2.03. The lowest BCUT2D eigenvalue weighted by atomic mass is 10.1. The number of nitrogens with one attached hydrogen (secondary N) is 1. The smallest absolute Gasteiger partial charge is 0.0428 e. The second kappa shape index (κ2) is 7.09. The van der Waals surface area contributed by atoms with Crippen molar-refractivity contribution < 1.29 is 0 Å². The van der Waals surface area contributed by atoms with Gasteiger partial charge in [-0.15, -0.1) is 11.3 Å². The van der Waals surface area contributed by atoms with Gasteiger partial charge in [-0.05, 0) is 35.9 Å². The zero-order valence-corrected chi connectivity index (χ0v) is 12.8. The minimum Gasteiger partial charge on any atom is -0.385 e. The molecule has 1 aromatic heterocycles. The molecule has 1 nitrogen and oxygen atoms in total. The maximum atomic E-state index is 3.58. The van der Waals surface area contributed by atoms with Gasteiger partial charge in [-0.25, -0.2) is 0 Å². The quantitative estimate of drug-likeness (QED) is 0.595. The Balaban J connectivity index is 1.59. The topological polar surface area (TPSA) is 12.0 Å². The minimum absolute atomic E-state index is 0.997. The number of hydrogen-bond acceptors (Lipinski definition) is 2. The van der Waals surface area contributed by atoms with E-state index in [2.05, 4.69) is 77.4 Å². The zero-order valence-electron chi connectivity index (χ0n) is 12.0. The summed E-state index contributed by atoms with van der Waals surface area (Å²) < 4.78 is 0. The fraction of sp³-hybridized carbons (Fsp3) is 0.158. The fourth-order valence-electron chi connectivity index (χ4n) is 2.44. The molecule has 0 saturated carbocycles. The summed E-state index contributed by atoms with van der Waals surface area (Å²) in [7, 11) is 0. The molecule has 0 spiro atoms. The van der Waals surface area contributed by atoms with Crippen molar-refractivity contribution in [2.24, 2.45) is 0 Å². The van der Waals surface area contributed by atoms with Gasteiger partial charge in [-0.2, -0.15) is 0 Å². The van der Waals surface area contributed by atoms with Crippen LogP contribution in [0.25, 0.3) is 10.4 Å². The summed E-state index contributed by atoms with van der Waals surface area (Å²) in [6.45, 7) is 0.997. The van der Waals surface area contributed by atoms with Crippen LogP contribution in [-0.2, 0) is 6.42 Å². The second-order valence-electron chi connectivity index (χ2n) is 5.04. The van der Waals surface area contributed by atoms with E-state index in [0.29, 0.717) is 0 Å². The number of anilines is 1. The standard InChI is InChI=1S/C19H19NS/c1-2-8-16(9-3-1)10-6-14-20-18-12-5-4-11-17(18)19-13-7-15-21-19/h1-5,7-9,11-13,15,20H,6,10,14H2. The number of para-hydroxylation sites is 1. The van der Waals surface area contributed by atoms with E-state index >= 15 is 0 Å². The highest BCUT2D eigenvalue weighted by Crippen LogP contribution is 2.31. The molecule has 3 rings (SSSR count). The zero-order chi connectivity index (χ0) is 14.3. The van der Waals surface area contributed by atoms with Crippen LogP contribution >= 0.6 is 11.3 Å². The molecule has 2 aromatic carbocycles. The first kappa shape index (κ1) is 13.9. The Hall–Kier alpha value is -2.06. The number of benzene rings is 2. The SMILES string of the molecule is c1ccc(CCCNc2ccccc2-c2cccs2)cc1. The first-order valence-corrected chi connectivity index (χ1v) is 8.22. The number of hydrogen-bond donors (Lipinski definition) is 1. The van der Waals surface area contributed by atoms with Crippen molar-refractivity contribution in [3.63, 3.8) is 0 Å². The van der Waals surface area contributed by atoms with Gasteiger partial charge in [0.05, 0.1) is 0 Å². The molecule has 0 atom stereocenters. The minimum atomic E-state index is 0.997. The van der Waals surface area contributed by atoms with E-state index in [0.717, 1.165) is 19.4 Å². The van der Waals surface area contributed by atoms with Crippen molar-refractivity contribution in [3.8, 4) is 10.4 Å². The van der Waals surface area contributed by atoms with E-state index in [1.54, 1.807) is 11.3 Å². The van der Waals surface area contributed by atoms with Gasteiger partial charge in [-0.3, -0.25) is 0 Å².